The molecule has 13 heavy (non-hydrogen) atoms. The van der Waals surface area contributed by atoms with Crippen LogP contribution in [0.5, 0.6) is 0 Å². The Morgan fingerprint density at radius 1 is 1.31 bits per heavy atom. The van der Waals surface area contributed by atoms with E-state index in [4.69, 9.17) is 15.7 Å². The minimum atomic E-state index is -0.479. The summed E-state index contributed by atoms with van der Waals surface area (Å²) in [6.45, 7) is 6.52. The minimum absolute atomic E-state index is 0.479. The summed E-state index contributed by atoms with van der Waals surface area (Å²) in [5, 5.41) is -0.479. The second kappa shape index (κ2) is 4.11. The summed E-state index contributed by atoms with van der Waals surface area (Å²) in [7, 11) is 12.0. The third-order valence-electron chi connectivity index (χ3n) is 3.68. The van der Waals surface area contributed by atoms with Crippen molar-refractivity contribution < 1.29 is 0 Å². The van der Waals surface area contributed by atoms with Crippen molar-refractivity contribution in [2.24, 2.45) is 17.8 Å². The lowest BCUT2D eigenvalue weighted by Gasteiger charge is -2.42. The Morgan fingerprint density at radius 2 is 1.92 bits per heavy atom. The molecule has 1 aliphatic carbocycles. The van der Waals surface area contributed by atoms with Crippen LogP contribution in [0, 0.1) is 17.8 Å². The Bertz CT molecular complexity index is 160. The van der Waals surface area contributed by atoms with Gasteiger partial charge in [-0.15, -0.1) is 0 Å². The van der Waals surface area contributed by atoms with Gasteiger partial charge in [-0.1, -0.05) is 45.2 Å². The van der Waals surface area contributed by atoms with E-state index in [1.807, 2.05) is 6.92 Å². The van der Waals surface area contributed by atoms with Gasteiger partial charge in [-0.2, -0.15) is 0 Å². The Morgan fingerprint density at radius 3 is 2.38 bits per heavy atom. The van der Waals surface area contributed by atoms with Crippen molar-refractivity contribution in [3.63, 3.8) is 0 Å². The highest BCUT2D eigenvalue weighted by Gasteiger charge is 2.33. The van der Waals surface area contributed by atoms with Crippen LogP contribution in [0.3, 0.4) is 0 Å². The summed E-state index contributed by atoms with van der Waals surface area (Å²) in [5.74, 6) is 2.06. The smallest absolute Gasteiger partial charge is 0.0620 e. The standard InChI is InChI=1S/C11H20B2/c1-4-9-6-5-8(2)10(7-9)11(3,12)13/h8-10H,4-7H2,1-3H3. The van der Waals surface area contributed by atoms with Crippen LogP contribution in [0.1, 0.15) is 46.5 Å². The molecular formula is C11H20B2. The monoisotopic (exact) mass is 174 g/mol. The Balaban J connectivity index is 2.60. The molecule has 4 radical (unpaired) electrons. The van der Waals surface area contributed by atoms with Crippen LogP contribution in [0.4, 0.5) is 0 Å². The van der Waals surface area contributed by atoms with Gasteiger partial charge >= 0.3 is 0 Å². The molecule has 0 amide bonds. The van der Waals surface area contributed by atoms with E-state index in [2.05, 4.69) is 13.8 Å². The summed E-state index contributed by atoms with van der Waals surface area (Å²) in [4.78, 5) is 0. The second-order valence-electron chi connectivity index (χ2n) is 5.04. The lowest BCUT2D eigenvalue weighted by atomic mass is 9.45. The van der Waals surface area contributed by atoms with E-state index in [0.29, 0.717) is 11.8 Å². The van der Waals surface area contributed by atoms with E-state index in [9.17, 15) is 0 Å². The van der Waals surface area contributed by atoms with Crippen molar-refractivity contribution in [1.29, 1.82) is 0 Å². The van der Waals surface area contributed by atoms with Gasteiger partial charge in [-0.3, -0.25) is 0 Å². The number of hydrogen-bond donors (Lipinski definition) is 0. The van der Waals surface area contributed by atoms with Gasteiger partial charge in [0.15, 0.2) is 0 Å². The average Bonchev–Trinajstić information content (AvgIpc) is 2.03. The highest BCUT2D eigenvalue weighted by molar-refractivity contribution is 6.39. The molecule has 1 rings (SSSR count). The highest BCUT2D eigenvalue weighted by Crippen LogP contribution is 2.45. The topological polar surface area (TPSA) is 0 Å². The summed E-state index contributed by atoms with van der Waals surface area (Å²) in [6.07, 6.45) is 5.16. The molecule has 0 N–H and O–H groups in total. The van der Waals surface area contributed by atoms with Gasteiger partial charge in [-0.25, -0.2) is 0 Å². The predicted molar refractivity (Wildman–Crippen MR) is 60.2 cm³/mol. The Kier molecular flexibility index (Phi) is 3.54. The van der Waals surface area contributed by atoms with E-state index in [-0.39, 0.29) is 0 Å². The van der Waals surface area contributed by atoms with Gasteiger partial charge in [-0.05, 0) is 24.2 Å². The highest BCUT2D eigenvalue weighted by atomic mass is 14.4. The van der Waals surface area contributed by atoms with Gasteiger partial charge in [0, 0.05) is 0 Å². The van der Waals surface area contributed by atoms with Crippen molar-refractivity contribution in [2.45, 2.75) is 51.7 Å². The maximum absolute atomic E-state index is 6.00. The van der Waals surface area contributed by atoms with Gasteiger partial charge in [0.05, 0.1) is 15.7 Å². The van der Waals surface area contributed by atoms with E-state index >= 15 is 0 Å². The van der Waals surface area contributed by atoms with Gasteiger partial charge in [0.2, 0.25) is 0 Å². The van der Waals surface area contributed by atoms with Crippen LogP contribution in [-0.2, 0) is 0 Å². The third kappa shape index (κ3) is 2.79. The van der Waals surface area contributed by atoms with Crippen LogP contribution in [0.25, 0.3) is 0 Å². The molecule has 0 aliphatic heterocycles. The normalized spacial score (nSPS) is 36.1. The first-order valence-electron chi connectivity index (χ1n) is 5.53. The summed E-state index contributed by atoms with van der Waals surface area (Å²) < 4.78 is 0. The zero-order valence-corrected chi connectivity index (χ0v) is 9.22. The molecule has 0 spiro atoms. The predicted octanol–water partition coefficient (Wildman–Crippen LogP) is 2.92. The second-order valence-corrected chi connectivity index (χ2v) is 5.04. The van der Waals surface area contributed by atoms with Gasteiger partial charge in [0.1, 0.15) is 0 Å². The fraction of sp³-hybridized carbons (Fsp3) is 1.00. The average molecular weight is 174 g/mol. The first-order chi connectivity index (χ1) is 5.95. The maximum Gasteiger partial charge on any atom is 0.0620 e. The van der Waals surface area contributed by atoms with Crippen LogP contribution in [-0.4, -0.2) is 15.7 Å². The lowest BCUT2D eigenvalue weighted by molar-refractivity contribution is 0.174. The lowest BCUT2D eigenvalue weighted by Crippen LogP contribution is -2.32. The number of hydrogen-bond acceptors (Lipinski definition) is 0. The summed E-state index contributed by atoms with van der Waals surface area (Å²) >= 11 is 0. The van der Waals surface area contributed by atoms with Crippen molar-refractivity contribution >= 4 is 15.7 Å². The van der Waals surface area contributed by atoms with Crippen LogP contribution >= 0.6 is 0 Å². The molecule has 0 nitrogen and oxygen atoms in total. The van der Waals surface area contributed by atoms with E-state index in [1.54, 1.807) is 0 Å². The molecular weight excluding hydrogens is 154 g/mol. The molecule has 1 saturated carbocycles. The molecule has 0 aromatic heterocycles. The fourth-order valence-corrected chi connectivity index (χ4v) is 2.65. The molecule has 3 unspecified atom stereocenters. The molecule has 0 bridgehead atoms. The maximum atomic E-state index is 6.00. The quantitative estimate of drug-likeness (QED) is 0.564. The SMILES string of the molecule is [B]C([B])(C)C1CC(CC)CCC1C. The first-order valence-corrected chi connectivity index (χ1v) is 5.53. The largest absolute Gasteiger partial charge is 0.0987 e. The molecule has 0 aromatic carbocycles. The van der Waals surface area contributed by atoms with Gasteiger partial charge in [0.25, 0.3) is 0 Å². The van der Waals surface area contributed by atoms with Crippen LogP contribution < -0.4 is 0 Å². The van der Waals surface area contributed by atoms with Gasteiger partial charge < -0.3 is 0 Å². The summed E-state index contributed by atoms with van der Waals surface area (Å²) in [5.41, 5.74) is 0. The van der Waals surface area contributed by atoms with Crippen molar-refractivity contribution in [3.8, 4) is 0 Å². The van der Waals surface area contributed by atoms with E-state index in [1.165, 1.54) is 25.7 Å². The molecule has 1 fully saturated rings. The van der Waals surface area contributed by atoms with Crippen LogP contribution in [0.2, 0.25) is 5.21 Å². The van der Waals surface area contributed by atoms with E-state index < -0.39 is 5.21 Å². The molecule has 2 heteroatoms. The summed E-state index contributed by atoms with van der Waals surface area (Å²) in [6, 6.07) is 0. The zero-order valence-electron chi connectivity index (χ0n) is 9.22. The van der Waals surface area contributed by atoms with Crippen LogP contribution in [0.15, 0.2) is 0 Å². The number of rotatable bonds is 2. The molecule has 0 aromatic rings. The third-order valence-corrected chi connectivity index (χ3v) is 3.68. The molecule has 3 atom stereocenters. The molecule has 1 aliphatic rings. The van der Waals surface area contributed by atoms with E-state index in [0.717, 1.165) is 5.92 Å². The first kappa shape index (κ1) is 11.2. The molecule has 0 saturated heterocycles. The minimum Gasteiger partial charge on any atom is -0.0987 e. The zero-order chi connectivity index (χ0) is 10.1. The van der Waals surface area contributed by atoms with Crippen molar-refractivity contribution in [3.05, 3.63) is 0 Å². The Labute approximate surface area is 85.7 Å². The molecule has 0 heterocycles. The van der Waals surface area contributed by atoms with Crippen molar-refractivity contribution in [1.82, 2.24) is 0 Å². The Hall–Kier alpha value is 0.130. The fourth-order valence-electron chi connectivity index (χ4n) is 2.65. The molecule has 70 valence electrons. The van der Waals surface area contributed by atoms with Crippen molar-refractivity contribution in [2.75, 3.05) is 0 Å².